The van der Waals surface area contributed by atoms with Gasteiger partial charge in [-0.05, 0) is 41.7 Å². The molecule has 1 saturated heterocycles. The van der Waals surface area contributed by atoms with Gasteiger partial charge in [-0.25, -0.2) is 0 Å². The molecule has 1 aliphatic heterocycles. The zero-order valence-corrected chi connectivity index (χ0v) is 17.2. The fraction of sp³-hybridized carbons (Fsp3) is 0.231. The van der Waals surface area contributed by atoms with Gasteiger partial charge in [0.05, 0.1) is 5.41 Å². The molecule has 152 valence electrons. The lowest BCUT2D eigenvalue weighted by Crippen LogP contribution is -2.44. The lowest BCUT2D eigenvalue weighted by Gasteiger charge is -2.28. The highest BCUT2D eigenvalue weighted by atomic mass is 16.2. The monoisotopic (exact) mass is 398 g/mol. The molecule has 0 saturated carbocycles. The smallest absolute Gasteiger partial charge is 0.253 e. The van der Waals surface area contributed by atoms with Crippen LogP contribution in [0.2, 0.25) is 0 Å². The molecule has 1 aliphatic rings. The van der Waals surface area contributed by atoms with E-state index in [0.717, 1.165) is 16.7 Å². The Labute approximate surface area is 177 Å². The first-order chi connectivity index (χ1) is 14.6. The van der Waals surface area contributed by atoms with Crippen LogP contribution >= 0.6 is 0 Å². The Balaban J connectivity index is 1.59. The highest BCUT2D eigenvalue weighted by Gasteiger charge is 2.45. The standard InChI is InChI=1S/C26H26N2O2/c1-27-25(30)26(15-16-28(19-26)24(29)22-12-6-3-7-13-22)18-20-9-8-14-23(17-20)21-10-4-2-5-11-21/h2-14,17H,15-16,18-19H2,1H3,(H,27,30)/t26-/m1/s1. The van der Waals surface area contributed by atoms with Crippen molar-refractivity contribution in [2.24, 2.45) is 5.41 Å². The van der Waals surface area contributed by atoms with Crippen LogP contribution in [0.25, 0.3) is 11.1 Å². The number of carbonyl (C=O) groups excluding carboxylic acids is 2. The van der Waals surface area contributed by atoms with E-state index < -0.39 is 5.41 Å². The lowest BCUT2D eigenvalue weighted by molar-refractivity contribution is -0.129. The molecule has 0 unspecified atom stereocenters. The molecule has 0 bridgehead atoms. The average molecular weight is 399 g/mol. The van der Waals surface area contributed by atoms with E-state index in [1.807, 2.05) is 59.5 Å². The van der Waals surface area contributed by atoms with Crippen LogP contribution in [0.4, 0.5) is 0 Å². The second-order valence-corrected chi connectivity index (χ2v) is 7.95. The third-order valence-corrected chi connectivity index (χ3v) is 5.95. The van der Waals surface area contributed by atoms with Gasteiger partial charge in [-0.2, -0.15) is 0 Å². The SMILES string of the molecule is CNC(=O)[C@@]1(Cc2cccc(-c3ccccc3)c2)CCN(C(=O)c2ccccc2)C1. The van der Waals surface area contributed by atoms with Gasteiger partial charge in [0, 0.05) is 25.7 Å². The molecule has 30 heavy (non-hydrogen) atoms. The summed E-state index contributed by atoms with van der Waals surface area (Å²) in [5.41, 5.74) is 3.44. The number of hydrogen-bond donors (Lipinski definition) is 1. The Hall–Kier alpha value is -3.40. The van der Waals surface area contributed by atoms with Crippen LogP contribution in [0.5, 0.6) is 0 Å². The van der Waals surface area contributed by atoms with Crippen LogP contribution in [-0.2, 0) is 11.2 Å². The van der Waals surface area contributed by atoms with E-state index in [-0.39, 0.29) is 11.8 Å². The first kappa shape index (κ1) is 19.9. The molecule has 3 aromatic rings. The highest BCUT2D eigenvalue weighted by molar-refractivity contribution is 5.95. The molecule has 1 heterocycles. The third kappa shape index (κ3) is 3.99. The molecule has 3 aromatic carbocycles. The second kappa shape index (κ2) is 8.54. The largest absolute Gasteiger partial charge is 0.359 e. The van der Waals surface area contributed by atoms with Gasteiger partial charge in [-0.15, -0.1) is 0 Å². The summed E-state index contributed by atoms with van der Waals surface area (Å²) >= 11 is 0. The van der Waals surface area contributed by atoms with Crippen molar-refractivity contribution in [1.82, 2.24) is 10.2 Å². The molecule has 4 nitrogen and oxygen atoms in total. The van der Waals surface area contributed by atoms with Gasteiger partial charge >= 0.3 is 0 Å². The summed E-state index contributed by atoms with van der Waals surface area (Å²) in [5, 5.41) is 2.84. The third-order valence-electron chi connectivity index (χ3n) is 5.95. The van der Waals surface area contributed by atoms with Crippen molar-refractivity contribution in [3.8, 4) is 11.1 Å². The Morgan fingerprint density at radius 3 is 2.27 bits per heavy atom. The molecule has 0 spiro atoms. The quantitative estimate of drug-likeness (QED) is 0.701. The van der Waals surface area contributed by atoms with E-state index in [9.17, 15) is 9.59 Å². The Kier molecular flexibility index (Phi) is 5.66. The lowest BCUT2D eigenvalue weighted by atomic mass is 9.79. The summed E-state index contributed by atoms with van der Waals surface area (Å²) < 4.78 is 0. The van der Waals surface area contributed by atoms with Gasteiger partial charge < -0.3 is 10.2 Å². The van der Waals surface area contributed by atoms with Crippen molar-refractivity contribution in [2.75, 3.05) is 20.1 Å². The number of rotatable bonds is 5. The van der Waals surface area contributed by atoms with Crippen LogP contribution in [0.15, 0.2) is 84.9 Å². The summed E-state index contributed by atoms with van der Waals surface area (Å²) in [6, 6.07) is 27.9. The molecule has 4 heteroatoms. The summed E-state index contributed by atoms with van der Waals surface area (Å²) in [6.45, 7) is 1.01. The first-order valence-corrected chi connectivity index (χ1v) is 10.3. The zero-order chi connectivity index (χ0) is 21.0. The van der Waals surface area contributed by atoms with Crippen molar-refractivity contribution in [3.63, 3.8) is 0 Å². The van der Waals surface area contributed by atoms with Crippen LogP contribution in [-0.4, -0.2) is 36.9 Å². The van der Waals surface area contributed by atoms with E-state index >= 15 is 0 Å². The van der Waals surface area contributed by atoms with Crippen LogP contribution in [0, 0.1) is 5.41 Å². The summed E-state index contributed by atoms with van der Waals surface area (Å²) in [7, 11) is 1.67. The van der Waals surface area contributed by atoms with E-state index in [1.165, 1.54) is 0 Å². The maximum atomic E-state index is 13.0. The molecular weight excluding hydrogens is 372 g/mol. The molecule has 4 rings (SSSR count). The van der Waals surface area contributed by atoms with Crippen LogP contribution < -0.4 is 5.32 Å². The summed E-state index contributed by atoms with van der Waals surface area (Å²) in [4.78, 5) is 27.7. The molecule has 2 amide bonds. The van der Waals surface area contributed by atoms with E-state index in [4.69, 9.17) is 0 Å². The average Bonchev–Trinajstić information content (AvgIpc) is 3.24. The number of benzene rings is 3. The first-order valence-electron chi connectivity index (χ1n) is 10.3. The van der Waals surface area contributed by atoms with Gasteiger partial charge in [-0.1, -0.05) is 72.8 Å². The van der Waals surface area contributed by atoms with Crippen molar-refractivity contribution < 1.29 is 9.59 Å². The Morgan fingerprint density at radius 2 is 1.57 bits per heavy atom. The Bertz CT molecular complexity index is 1030. The normalized spacial score (nSPS) is 18.2. The molecular formula is C26H26N2O2. The number of nitrogens with one attached hydrogen (secondary N) is 1. The van der Waals surface area contributed by atoms with Crippen LogP contribution in [0.3, 0.4) is 0 Å². The van der Waals surface area contributed by atoms with Crippen molar-refractivity contribution in [2.45, 2.75) is 12.8 Å². The number of carbonyl (C=O) groups is 2. The highest BCUT2D eigenvalue weighted by Crippen LogP contribution is 2.36. The molecule has 1 fully saturated rings. The topological polar surface area (TPSA) is 49.4 Å². The predicted octanol–water partition coefficient (Wildman–Crippen LogP) is 4.17. The van der Waals surface area contributed by atoms with E-state index in [2.05, 4.69) is 35.6 Å². The maximum Gasteiger partial charge on any atom is 0.253 e. The van der Waals surface area contributed by atoms with E-state index in [0.29, 0.717) is 31.5 Å². The van der Waals surface area contributed by atoms with Gasteiger partial charge in [0.2, 0.25) is 5.91 Å². The summed E-state index contributed by atoms with van der Waals surface area (Å²) in [5.74, 6) is -0.0182. The second-order valence-electron chi connectivity index (χ2n) is 7.95. The number of nitrogens with zero attached hydrogens (tertiary/aromatic N) is 1. The predicted molar refractivity (Wildman–Crippen MR) is 119 cm³/mol. The van der Waals surface area contributed by atoms with Crippen molar-refractivity contribution >= 4 is 11.8 Å². The van der Waals surface area contributed by atoms with Gasteiger partial charge in [0.15, 0.2) is 0 Å². The van der Waals surface area contributed by atoms with E-state index in [1.54, 1.807) is 7.05 Å². The van der Waals surface area contributed by atoms with Gasteiger partial charge in [0.1, 0.15) is 0 Å². The number of amides is 2. The Morgan fingerprint density at radius 1 is 0.900 bits per heavy atom. The molecule has 0 aromatic heterocycles. The minimum absolute atomic E-state index is 0.00373. The minimum Gasteiger partial charge on any atom is -0.359 e. The molecule has 0 radical (unpaired) electrons. The molecule has 1 N–H and O–H groups in total. The number of likely N-dealkylation sites (tertiary alicyclic amines) is 1. The fourth-order valence-corrected chi connectivity index (χ4v) is 4.37. The van der Waals surface area contributed by atoms with Gasteiger partial charge in [0.25, 0.3) is 5.91 Å². The molecule has 1 atom stereocenters. The minimum atomic E-state index is -0.617. The molecule has 0 aliphatic carbocycles. The van der Waals surface area contributed by atoms with Crippen molar-refractivity contribution in [1.29, 1.82) is 0 Å². The van der Waals surface area contributed by atoms with Crippen LogP contribution in [0.1, 0.15) is 22.3 Å². The fourth-order valence-electron chi connectivity index (χ4n) is 4.37. The summed E-state index contributed by atoms with van der Waals surface area (Å²) in [6.07, 6.45) is 1.26. The zero-order valence-electron chi connectivity index (χ0n) is 17.2. The maximum absolute atomic E-state index is 13.0. The number of hydrogen-bond acceptors (Lipinski definition) is 2. The van der Waals surface area contributed by atoms with Crippen molar-refractivity contribution in [3.05, 3.63) is 96.1 Å². The van der Waals surface area contributed by atoms with Gasteiger partial charge in [-0.3, -0.25) is 9.59 Å².